The SMILES string of the molecule is CN1CN(C)c2c1[nH]c(=O)n(C)c2=O. The van der Waals surface area contributed by atoms with E-state index in [2.05, 4.69) is 4.98 Å². The van der Waals surface area contributed by atoms with Crippen LogP contribution in [-0.4, -0.2) is 30.3 Å². The first-order valence-corrected chi connectivity index (χ1v) is 4.28. The fraction of sp³-hybridized carbons (Fsp3) is 0.500. The zero-order valence-electron chi connectivity index (χ0n) is 8.37. The maximum Gasteiger partial charge on any atom is 0.329 e. The minimum absolute atomic E-state index is 0.254. The van der Waals surface area contributed by atoms with Gasteiger partial charge in [-0.05, 0) is 0 Å². The molecule has 0 amide bonds. The highest BCUT2D eigenvalue weighted by Gasteiger charge is 2.25. The second-order valence-corrected chi connectivity index (χ2v) is 3.53. The Labute approximate surface area is 80.4 Å². The number of fused-ring (bicyclic) bond motifs is 1. The monoisotopic (exact) mass is 196 g/mol. The van der Waals surface area contributed by atoms with E-state index >= 15 is 0 Å². The Morgan fingerprint density at radius 1 is 1.14 bits per heavy atom. The number of rotatable bonds is 0. The van der Waals surface area contributed by atoms with Crippen molar-refractivity contribution in [2.24, 2.45) is 7.05 Å². The van der Waals surface area contributed by atoms with Crippen molar-refractivity contribution in [2.75, 3.05) is 30.6 Å². The van der Waals surface area contributed by atoms with Crippen LogP contribution in [0.15, 0.2) is 9.59 Å². The van der Waals surface area contributed by atoms with Crippen molar-refractivity contribution < 1.29 is 0 Å². The molecule has 0 radical (unpaired) electrons. The van der Waals surface area contributed by atoms with Gasteiger partial charge in [0, 0.05) is 21.1 Å². The Balaban J connectivity index is 2.83. The first-order chi connectivity index (χ1) is 6.52. The number of aromatic amines is 1. The van der Waals surface area contributed by atoms with Crippen LogP contribution in [0.5, 0.6) is 0 Å². The summed E-state index contributed by atoms with van der Waals surface area (Å²) < 4.78 is 1.08. The third-order valence-corrected chi connectivity index (χ3v) is 2.45. The molecule has 2 rings (SSSR count). The van der Waals surface area contributed by atoms with Crippen molar-refractivity contribution in [3.63, 3.8) is 0 Å². The van der Waals surface area contributed by atoms with Gasteiger partial charge in [0.25, 0.3) is 5.56 Å². The van der Waals surface area contributed by atoms with Crippen molar-refractivity contribution in [3.8, 4) is 0 Å². The Kier molecular flexibility index (Phi) is 1.67. The van der Waals surface area contributed by atoms with Gasteiger partial charge in [-0.2, -0.15) is 0 Å². The summed E-state index contributed by atoms with van der Waals surface area (Å²) in [5.41, 5.74) is -0.0823. The second kappa shape index (κ2) is 2.63. The van der Waals surface area contributed by atoms with Gasteiger partial charge in [-0.1, -0.05) is 0 Å². The van der Waals surface area contributed by atoms with Crippen molar-refractivity contribution in [1.82, 2.24) is 9.55 Å². The number of anilines is 2. The van der Waals surface area contributed by atoms with Crippen LogP contribution in [0.2, 0.25) is 0 Å². The van der Waals surface area contributed by atoms with Crippen LogP contribution in [-0.2, 0) is 7.05 Å². The zero-order valence-corrected chi connectivity index (χ0v) is 8.37. The molecule has 0 atom stereocenters. The lowest BCUT2D eigenvalue weighted by atomic mass is 10.4. The van der Waals surface area contributed by atoms with Crippen LogP contribution in [0, 0.1) is 0 Å². The zero-order chi connectivity index (χ0) is 10.5. The molecule has 0 saturated heterocycles. The van der Waals surface area contributed by atoms with Crippen LogP contribution in [0.4, 0.5) is 11.5 Å². The van der Waals surface area contributed by atoms with Crippen molar-refractivity contribution in [1.29, 1.82) is 0 Å². The van der Waals surface area contributed by atoms with Crippen LogP contribution < -0.4 is 21.0 Å². The fourth-order valence-corrected chi connectivity index (χ4v) is 1.68. The minimum atomic E-state index is -0.379. The van der Waals surface area contributed by atoms with Crippen molar-refractivity contribution in [2.45, 2.75) is 0 Å². The van der Waals surface area contributed by atoms with E-state index in [1.807, 2.05) is 23.9 Å². The van der Waals surface area contributed by atoms with Gasteiger partial charge in [0.05, 0.1) is 6.67 Å². The molecule has 1 aliphatic heterocycles. The van der Waals surface area contributed by atoms with E-state index < -0.39 is 0 Å². The Bertz CT molecular complexity index is 487. The van der Waals surface area contributed by atoms with E-state index in [1.54, 1.807) is 0 Å². The minimum Gasteiger partial charge on any atom is -0.349 e. The lowest BCUT2D eigenvalue weighted by Crippen LogP contribution is -2.34. The molecule has 1 N–H and O–H groups in total. The summed E-state index contributed by atoms with van der Waals surface area (Å²) >= 11 is 0. The molecule has 0 aromatic carbocycles. The maximum atomic E-state index is 11.7. The van der Waals surface area contributed by atoms with Crippen molar-refractivity contribution in [3.05, 3.63) is 20.8 Å². The molecule has 0 unspecified atom stereocenters. The molecule has 0 bridgehead atoms. The molecule has 0 spiro atoms. The second-order valence-electron chi connectivity index (χ2n) is 3.53. The Hall–Kier alpha value is -1.72. The third-order valence-electron chi connectivity index (χ3n) is 2.45. The normalized spacial score (nSPS) is 14.8. The molecule has 14 heavy (non-hydrogen) atoms. The smallest absolute Gasteiger partial charge is 0.329 e. The molecule has 1 aromatic rings. The van der Waals surface area contributed by atoms with Crippen LogP contribution in [0.1, 0.15) is 0 Å². The van der Waals surface area contributed by atoms with Gasteiger partial charge >= 0.3 is 5.69 Å². The highest BCUT2D eigenvalue weighted by molar-refractivity contribution is 5.70. The summed E-state index contributed by atoms with van der Waals surface area (Å²) in [6.07, 6.45) is 0. The first kappa shape index (κ1) is 8.86. The average molecular weight is 196 g/mol. The van der Waals surface area contributed by atoms with E-state index in [9.17, 15) is 9.59 Å². The molecular weight excluding hydrogens is 184 g/mol. The summed E-state index contributed by atoms with van der Waals surface area (Å²) in [7, 11) is 5.12. The van der Waals surface area contributed by atoms with Gasteiger partial charge in [-0.3, -0.25) is 14.3 Å². The molecular formula is C8H12N4O2. The number of nitrogens with zero attached hydrogens (tertiary/aromatic N) is 3. The van der Waals surface area contributed by atoms with Gasteiger partial charge < -0.3 is 9.80 Å². The summed E-state index contributed by atoms with van der Waals surface area (Å²) in [6, 6.07) is 0. The quantitative estimate of drug-likeness (QED) is 0.573. The van der Waals surface area contributed by atoms with E-state index in [-0.39, 0.29) is 11.2 Å². The molecule has 1 aromatic heterocycles. The highest BCUT2D eigenvalue weighted by Crippen LogP contribution is 2.25. The fourth-order valence-electron chi connectivity index (χ4n) is 1.68. The number of aromatic nitrogens is 2. The standard InChI is InChI=1S/C8H12N4O2/c1-10-4-11(2)6-5(10)7(13)12(3)8(14)9-6/h4H2,1-3H3,(H,9,14). The molecule has 6 nitrogen and oxygen atoms in total. The molecule has 2 heterocycles. The van der Waals surface area contributed by atoms with E-state index in [0.717, 1.165) is 4.57 Å². The summed E-state index contributed by atoms with van der Waals surface area (Å²) in [4.78, 5) is 29.3. The molecule has 0 aliphatic carbocycles. The maximum absolute atomic E-state index is 11.7. The van der Waals surface area contributed by atoms with Gasteiger partial charge in [0.2, 0.25) is 0 Å². The van der Waals surface area contributed by atoms with Gasteiger partial charge in [0.15, 0.2) is 0 Å². The first-order valence-electron chi connectivity index (χ1n) is 4.28. The summed E-state index contributed by atoms with van der Waals surface area (Å²) in [5.74, 6) is 0.598. The van der Waals surface area contributed by atoms with Crippen LogP contribution in [0.25, 0.3) is 0 Å². The number of hydrogen-bond acceptors (Lipinski definition) is 4. The largest absolute Gasteiger partial charge is 0.349 e. The van der Waals surface area contributed by atoms with Crippen LogP contribution >= 0.6 is 0 Å². The predicted molar refractivity (Wildman–Crippen MR) is 54.0 cm³/mol. The number of H-pyrrole nitrogens is 1. The molecule has 0 fully saturated rings. The van der Waals surface area contributed by atoms with E-state index in [1.165, 1.54) is 7.05 Å². The molecule has 6 heteroatoms. The predicted octanol–water partition coefficient (Wildman–Crippen LogP) is -1.08. The lowest BCUT2D eigenvalue weighted by molar-refractivity contribution is 0.778. The van der Waals surface area contributed by atoms with Gasteiger partial charge in [0.1, 0.15) is 11.5 Å². The molecule has 0 saturated carbocycles. The molecule has 1 aliphatic rings. The third kappa shape index (κ3) is 0.966. The number of hydrogen-bond donors (Lipinski definition) is 1. The summed E-state index contributed by atoms with van der Waals surface area (Å²) in [5, 5.41) is 0. The van der Waals surface area contributed by atoms with Crippen LogP contribution in [0.3, 0.4) is 0 Å². The van der Waals surface area contributed by atoms with E-state index in [0.29, 0.717) is 18.2 Å². The average Bonchev–Trinajstić information content (AvgIpc) is 2.38. The highest BCUT2D eigenvalue weighted by atomic mass is 16.2. The Morgan fingerprint density at radius 2 is 1.79 bits per heavy atom. The molecule has 76 valence electrons. The topological polar surface area (TPSA) is 61.3 Å². The number of nitrogens with one attached hydrogen (secondary N) is 1. The Morgan fingerprint density at radius 3 is 2.43 bits per heavy atom. The van der Waals surface area contributed by atoms with Gasteiger partial charge in [-0.25, -0.2) is 4.79 Å². The van der Waals surface area contributed by atoms with E-state index in [4.69, 9.17) is 0 Å². The lowest BCUT2D eigenvalue weighted by Gasteiger charge is -2.10. The van der Waals surface area contributed by atoms with Gasteiger partial charge in [-0.15, -0.1) is 0 Å². The summed E-state index contributed by atoms with van der Waals surface area (Å²) in [6.45, 7) is 0.616. The van der Waals surface area contributed by atoms with Crippen molar-refractivity contribution >= 4 is 11.5 Å².